The van der Waals surface area contributed by atoms with Crippen molar-refractivity contribution in [2.24, 2.45) is 0 Å². The van der Waals surface area contributed by atoms with E-state index < -0.39 is 0 Å². The van der Waals surface area contributed by atoms with Gasteiger partial charge in [-0.05, 0) is 36.0 Å². The van der Waals surface area contributed by atoms with Crippen molar-refractivity contribution >= 4 is 0 Å². The molecule has 1 aliphatic rings. The Kier molecular flexibility index (Phi) is 4.61. The standard InChI is InChI=1S/C21H23N3O/c1-15-23-24-20(25-15)14-22-21(17-9-3-2-4-10-17)19-13-7-11-16-8-5-6-12-18(16)19/h2-6,8-10,12,19,21-22H,7,11,13-14H2,1H3. The van der Waals surface area contributed by atoms with Gasteiger partial charge in [-0.3, -0.25) is 0 Å². The average molecular weight is 333 g/mol. The monoisotopic (exact) mass is 333 g/mol. The summed E-state index contributed by atoms with van der Waals surface area (Å²) in [5.74, 6) is 1.70. The first kappa shape index (κ1) is 16.0. The fourth-order valence-electron chi connectivity index (χ4n) is 3.90. The molecule has 0 aliphatic heterocycles. The van der Waals surface area contributed by atoms with Gasteiger partial charge in [0.25, 0.3) is 0 Å². The van der Waals surface area contributed by atoms with E-state index in [0.29, 0.717) is 24.2 Å². The van der Waals surface area contributed by atoms with Gasteiger partial charge in [0.15, 0.2) is 0 Å². The molecular weight excluding hydrogens is 310 g/mol. The van der Waals surface area contributed by atoms with Gasteiger partial charge < -0.3 is 9.73 Å². The molecule has 2 unspecified atom stereocenters. The van der Waals surface area contributed by atoms with Crippen molar-refractivity contribution in [1.82, 2.24) is 15.5 Å². The molecule has 0 saturated heterocycles. The highest BCUT2D eigenvalue weighted by Crippen LogP contribution is 2.40. The number of hydrogen-bond donors (Lipinski definition) is 1. The van der Waals surface area contributed by atoms with E-state index in [-0.39, 0.29) is 6.04 Å². The summed E-state index contributed by atoms with van der Waals surface area (Å²) < 4.78 is 5.54. The van der Waals surface area contributed by atoms with E-state index in [2.05, 4.69) is 70.1 Å². The van der Waals surface area contributed by atoms with E-state index in [4.69, 9.17) is 4.42 Å². The van der Waals surface area contributed by atoms with Gasteiger partial charge in [-0.15, -0.1) is 10.2 Å². The Hall–Kier alpha value is -2.46. The molecule has 0 fully saturated rings. The fourth-order valence-corrected chi connectivity index (χ4v) is 3.90. The molecule has 2 atom stereocenters. The van der Waals surface area contributed by atoms with E-state index in [0.717, 1.165) is 0 Å². The lowest BCUT2D eigenvalue weighted by Gasteiger charge is -2.33. The van der Waals surface area contributed by atoms with Gasteiger partial charge in [-0.2, -0.15) is 0 Å². The number of nitrogens with one attached hydrogen (secondary N) is 1. The number of rotatable bonds is 5. The summed E-state index contributed by atoms with van der Waals surface area (Å²) in [6.45, 7) is 2.40. The summed E-state index contributed by atoms with van der Waals surface area (Å²) in [5, 5.41) is 11.7. The zero-order valence-corrected chi connectivity index (χ0v) is 14.5. The van der Waals surface area contributed by atoms with Crippen LogP contribution in [0.15, 0.2) is 59.0 Å². The molecule has 4 heteroatoms. The highest BCUT2D eigenvalue weighted by molar-refractivity contribution is 5.36. The number of nitrogens with zero attached hydrogens (tertiary/aromatic N) is 2. The van der Waals surface area contributed by atoms with Crippen LogP contribution < -0.4 is 5.32 Å². The molecule has 1 aromatic heterocycles. The van der Waals surface area contributed by atoms with Crippen molar-refractivity contribution in [2.75, 3.05) is 0 Å². The largest absolute Gasteiger partial charge is 0.424 e. The van der Waals surface area contributed by atoms with Crippen LogP contribution in [-0.2, 0) is 13.0 Å². The summed E-state index contributed by atoms with van der Waals surface area (Å²) >= 11 is 0. The SMILES string of the molecule is Cc1nnc(CNC(c2ccccc2)C2CCCc3ccccc32)o1. The molecule has 0 radical (unpaired) electrons. The van der Waals surface area contributed by atoms with Crippen molar-refractivity contribution in [3.8, 4) is 0 Å². The molecule has 1 heterocycles. The Balaban J connectivity index is 1.64. The third-order valence-electron chi connectivity index (χ3n) is 5.02. The molecule has 0 bridgehead atoms. The van der Waals surface area contributed by atoms with Gasteiger partial charge in [0.2, 0.25) is 11.8 Å². The highest BCUT2D eigenvalue weighted by atomic mass is 16.4. The smallest absolute Gasteiger partial charge is 0.230 e. The minimum atomic E-state index is 0.231. The molecule has 4 nitrogen and oxygen atoms in total. The second-order valence-corrected chi connectivity index (χ2v) is 6.68. The van der Waals surface area contributed by atoms with E-state index in [1.54, 1.807) is 0 Å². The van der Waals surface area contributed by atoms with Gasteiger partial charge in [0, 0.05) is 18.9 Å². The molecule has 0 amide bonds. The lowest BCUT2D eigenvalue weighted by atomic mass is 9.76. The average Bonchev–Trinajstić information content (AvgIpc) is 3.08. The summed E-state index contributed by atoms with van der Waals surface area (Å²) in [4.78, 5) is 0. The van der Waals surface area contributed by atoms with Crippen LogP contribution in [0, 0.1) is 6.92 Å². The van der Waals surface area contributed by atoms with Gasteiger partial charge >= 0.3 is 0 Å². The Bertz CT molecular complexity index is 828. The van der Waals surface area contributed by atoms with Crippen molar-refractivity contribution in [1.29, 1.82) is 0 Å². The van der Waals surface area contributed by atoms with Crippen molar-refractivity contribution < 1.29 is 4.42 Å². The molecule has 1 N–H and O–H groups in total. The van der Waals surface area contributed by atoms with E-state index in [1.807, 2.05) is 6.92 Å². The van der Waals surface area contributed by atoms with E-state index >= 15 is 0 Å². The van der Waals surface area contributed by atoms with Crippen LogP contribution in [0.2, 0.25) is 0 Å². The lowest BCUT2D eigenvalue weighted by molar-refractivity contribution is 0.370. The first-order chi connectivity index (χ1) is 12.3. The fraction of sp³-hybridized carbons (Fsp3) is 0.333. The zero-order valence-electron chi connectivity index (χ0n) is 14.5. The molecule has 128 valence electrons. The number of hydrogen-bond acceptors (Lipinski definition) is 4. The molecule has 2 aromatic carbocycles. The van der Waals surface area contributed by atoms with Crippen LogP contribution in [0.5, 0.6) is 0 Å². The number of aromatic nitrogens is 2. The molecule has 4 rings (SSSR count). The maximum atomic E-state index is 5.54. The molecule has 1 aliphatic carbocycles. The number of fused-ring (bicyclic) bond motifs is 1. The van der Waals surface area contributed by atoms with Crippen LogP contribution in [-0.4, -0.2) is 10.2 Å². The van der Waals surface area contributed by atoms with Crippen molar-refractivity contribution in [3.63, 3.8) is 0 Å². The minimum Gasteiger partial charge on any atom is -0.424 e. The predicted octanol–water partition coefficient (Wildman–Crippen LogP) is 4.33. The maximum absolute atomic E-state index is 5.54. The molecule has 3 aromatic rings. The van der Waals surface area contributed by atoms with Crippen molar-refractivity contribution in [2.45, 2.75) is 44.7 Å². The molecule has 25 heavy (non-hydrogen) atoms. The Morgan fingerprint density at radius 1 is 1.08 bits per heavy atom. The topological polar surface area (TPSA) is 51.0 Å². The predicted molar refractivity (Wildman–Crippen MR) is 97.2 cm³/mol. The number of aryl methyl sites for hydroxylation is 2. The van der Waals surface area contributed by atoms with Gasteiger partial charge in [-0.1, -0.05) is 54.6 Å². The van der Waals surface area contributed by atoms with Crippen LogP contribution >= 0.6 is 0 Å². The molecule has 0 saturated carbocycles. The van der Waals surface area contributed by atoms with Crippen LogP contribution in [0.1, 0.15) is 53.3 Å². The maximum Gasteiger partial charge on any atom is 0.230 e. The van der Waals surface area contributed by atoms with Gasteiger partial charge in [0.1, 0.15) is 0 Å². The first-order valence-electron chi connectivity index (χ1n) is 8.96. The zero-order chi connectivity index (χ0) is 17.1. The van der Waals surface area contributed by atoms with Crippen LogP contribution in [0.25, 0.3) is 0 Å². The van der Waals surface area contributed by atoms with Gasteiger partial charge in [0.05, 0.1) is 6.54 Å². The van der Waals surface area contributed by atoms with Gasteiger partial charge in [-0.25, -0.2) is 0 Å². The summed E-state index contributed by atoms with van der Waals surface area (Å²) in [7, 11) is 0. The quantitative estimate of drug-likeness (QED) is 0.755. The van der Waals surface area contributed by atoms with E-state index in [9.17, 15) is 0 Å². The third kappa shape index (κ3) is 3.49. The number of benzene rings is 2. The normalized spacial score (nSPS) is 17.9. The summed E-state index contributed by atoms with van der Waals surface area (Å²) in [5.41, 5.74) is 4.26. The van der Waals surface area contributed by atoms with E-state index in [1.165, 1.54) is 36.0 Å². The van der Waals surface area contributed by atoms with Crippen LogP contribution in [0.3, 0.4) is 0 Å². The van der Waals surface area contributed by atoms with Crippen molar-refractivity contribution in [3.05, 3.63) is 83.1 Å². The lowest BCUT2D eigenvalue weighted by Crippen LogP contribution is -2.29. The Morgan fingerprint density at radius 3 is 2.68 bits per heavy atom. The molecular formula is C21H23N3O. The van der Waals surface area contributed by atoms with Crippen LogP contribution in [0.4, 0.5) is 0 Å². The Labute approximate surface area is 148 Å². The second kappa shape index (κ2) is 7.19. The Morgan fingerprint density at radius 2 is 1.88 bits per heavy atom. The first-order valence-corrected chi connectivity index (χ1v) is 8.96. The third-order valence-corrected chi connectivity index (χ3v) is 5.02. The second-order valence-electron chi connectivity index (χ2n) is 6.68. The molecule has 0 spiro atoms. The highest BCUT2D eigenvalue weighted by Gasteiger charge is 2.28. The minimum absolute atomic E-state index is 0.231. The summed E-state index contributed by atoms with van der Waals surface area (Å²) in [6.07, 6.45) is 3.59. The summed E-state index contributed by atoms with van der Waals surface area (Å²) in [6, 6.07) is 19.8.